The molecule has 0 aliphatic heterocycles. The van der Waals surface area contributed by atoms with E-state index in [-0.39, 0.29) is 5.82 Å². The van der Waals surface area contributed by atoms with E-state index in [1.807, 2.05) is 42.5 Å². The largest absolute Gasteiger partial charge is 0.332 e. The van der Waals surface area contributed by atoms with Crippen LogP contribution in [0.1, 0.15) is 11.1 Å². The molecule has 0 heterocycles. The zero-order valence-electron chi connectivity index (χ0n) is 13.4. The van der Waals surface area contributed by atoms with Crippen LogP contribution in [-0.2, 0) is 0 Å². The first-order chi connectivity index (χ1) is 12.2. The first kappa shape index (κ1) is 16.9. The fourth-order valence-electron chi connectivity index (χ4n) is 2.26. The predicted octanol–water partition coefficient (Wildman–Crippen LogP) is 5.81. The molecule has 0 radical (unpaired) electrons. The first-order valence-electron chi connectivity index (χ1n) is 7.86. The maximum Gasteiger partial charge on any atom is 0.175 e. The summed E-state index contributed by atoms with van der Waals surface area (Å²) < 4.78 is 12.9. The molecule has 0 saturated carbocycles. The molecule has 0 spiro atoms. The normalized spacial score (nSPS) is 10.6. The maximum absolute atomic E-state index is 12.9. The van der Waals surface area contributed by atoms with Crippen LogP contribution < -0.4 is 10.6 Å². The standard InChI is InChI=1S/C21H17FN2S/c22-18-10-14-20(15-11-18)24-21(25)23-19-12-8-17(9-13-19)7-6-16-4-2-1-3-5-16/h1-15H,(H2,23,24,25)/b7-6+. The SMILES string of the molecule is Fc1ccc(NC(=S)Nc2ccc(/C=C/c3ccccc3)cc2)cc1. The van der Waals surface area contributed by atoms with Gasteiger partial charge in [0.25, 0.3) is 0 Å². The smallest absolute Gasteiger partial charge is 0.175 e. The van der Waals surface area contributed by atoms with Gasteiger partial charge < -0.3 is 10.6 Å². The van der Waals surface area contributed by atoms with Gasteiger partial charge in [-0.1, -0.05) is 54.6 Å². The van der Waals surface area contributed by atoms with Crippen LogP contribution in [0.15, 0.2) is 78.9 Å². The molecule has 4 heteroatoms. The number of hydrogen-bond acceptors (Lipinski definition) is 1. The van der Waals surface area contributed by atoms with Crippen molar-refractivity contribution in [3.63, 3.8) is 0 Å². The fourth-order valence-corrected chi connectivity index (χ4v) is 2.50. The van der Waals surface area contributed by atoms with Crippen molar-refractivity contribution in [3.05, 3.63) is 95.8 Å². The second-order valence-electron chi connectivity index (χ2n) is 5.45. The van der Waals surface area contributed by atoms with Crippen molar-refractivity contribution < 1.29 is 4.39 Å². The van der Waals surface area contributed by atoms with Gasteiger partial charge in [-0.05, 0) is 59.7 Å². The van der Waals surface area contributed by atoms with Crippen LogP contribution in [0.25, 0.3) is 12.2 Å². The Labute approximate surface area is 152 Å². The van der Waals surface area contributed by atoms with Gasteiger partial charge in [0.05, 0.1) is 0 Å². The van der Waals surface area contributed by atoms with Crippen LogP contribution in [0.4, 0.5) is 15.8 Å². The Morgan fingerprint density at radius 3 is 1.72 bits per heavy atom. The minimum Gasteiger partial charge on any atom is -0.332 e. The Balaban J connectivity index is 1.57. The van der Waals surface area contributed by atoms with Crippen LogP contribution in [0.2, 0.25) is 0 Å². The zero-order chi connectivity index (χ0) is 17.5. The van der Waals surface area contributed by atoms with Crippen molar-refractivity contribution in [1.82, 2.24) is 0 Å². The van der Waals surface area contributed by atoms with Gasteiger partial charge in [0.2, 0.25) is 0 Å². The van der Waals surface area contributed by atoms with Gasteiger partial charge in [-0.2, -0.15) is 0 Å². The zero-order valence-corrected chi connectivity index (χ0v) is 14.3. The van der Waals surface area contributed by atoms with Crippen LogP contribution in [-0.4, -0.2) is 5.11 Å². The van der Waals surface area contributed by atoms with Gasteiger partial charge in [-0.25, -0.2) is 4.39 Å². The molecule has 0 amide bonds. The van der Waals surface area contributed by atoms with Crippen molar-refractivity contribution in [2.24, 2.45) is 0 Å². The predicted molar refractivity (Wildman–Crippen MR) is 108 cm³/mol. The van der Waals surface area contributed by atoms with Crippen molar-refractivity contribution in [2.75, 3.05) is 10.6 Å². The third kappa shape index (κ3) is 5.26. The molecular weight excluding hydrogens is 331 g/mol. The van der Waals surface area contributed by atoms with E-state index in [0.717, 1.165) is 22.5 Å². The molecule has 0 aromatic heterocycles. The monoisotopic (exact) mass is 348 g/mol. The van der Waals surface area contributed by atoms with E-state index in [4.69, 9.17) is 12.2 Å². The summed E-state index contributed by atoms with van der Waals surface area (Å²) in [4.78, 5) is 0. The quantitative estimate of drug-likeness (QED) is 0.460. The highest BCUT2D eigenvalue weighted by molar-refractivity contribution is 7.80. The van der Waals surface area contributed by atoms with Crippen LogP contribution in [0.5, 0.6) is 0 Å². The average Bonchev–Trinajstić information content (AvgIpc) is 2.64. The Hall–Kier alpha value is -2.98. The Morgan fingerprint density at radius 2 is 1.16 bits per heavy atom. The lowest BCUT2D eigenvalue weighted by molar-refractivity contribution is 0.628. The van der Waals surface area contributed by atoms with E-state index in [1.54, 1.807) is 12.1 Å². The Bertz CT molecular complexity index is 857. The number of rotatable bonds is 4. The lowest BCUT2D eigenvalue weighted by Gasteiger charge is -2.10. The highest BCUT2D eigenvalue weighted by Gasteiger charge is 1.99. The van der Waals surface area contributed by atoms with Gasteiger partial charge in [0.15, 0.2) is 5.11 Å². The molecule has 0 aliphatic carbocycles. The number of thiocarbonyl (C=S) groups is 1. The van der Waals surface area contributed by atoms with Gasteiger partial charge in [-0.3, -0.25) is 0 Å². The average molecular weight is 348 g/mol. The van der Waals surface area contributed by atoms with Crippen molar-refractivity contribution >= 4 is 40.9 Å². The summed E-state index contributed by atoms with van der Waals surface area (Å²) in [5.74, 6) is -0.274. The van der Waals surface area contributed by atoms with E-state index >= 15 is 0 Å². The number of benzene rings is 3. The molecule has 2 N–H and O–H groups in total. The maximum atomic E-state index is 12.9. The highest BCUT2D eigenvalue weighted by atomic mass is 32.1. The Kier molecular flexibility index (Phi) is 5.54. The summed E-state index contributed by atoms with van der Waals surface area (Å²) in [5, 5.41) is 6.58. The number of halogens is 1. The van der Waals surface area contributed by atoms with E-state index in [0.29, 0.717) is 5.11 Å². The summed E-state index contributed by atoms with van der Waals surface area (Å²) in [6.45, 7) is 0. The van der Waals surface area contributed by atoms with Crippen LogP contribution in [0, 0.1) is 5.82 Å². The lowest BCUT2D eigenvalue weighted by atomic mass is 10.1. The molecule has 124 valence electrons. The molecule has 0 fully saturated rings. The minimum absolute atomic E-state index is 0.274. The number of hydrogen-bond donors (Lipinski definition) is 2. The van der Waals surface area contributed by atoms with Gasteiger partial charge in [-0.15, -0.1) is 0 Å². The van der Waals surface area contributed by atoms with Crippen LogP contribution in [0.3, 0.4) is 0 Å². The van der Waals surface area contributed by atoms with Gasteiger partial charge in [0, 0.05) is 11.4 Å². The molecule has 3 aromatic rings. The summed E-state index contributed by atoms with van der Waals surface area (Å²) >= 11 is 5.27. The summed E-state index contributed by atoms with van der Waals surface area (Å²) in [6, 6.07) is 24.2. The summed E-state index contributed by atoms with van der Waals surface area (Å²) in [5.41, 5.74) is 3.89. The topological polar surface area (TPSA) is 24.1 Å². The van der Waals surface area contributed by atoms with Crippen molar-refractivity contribution in [2.45, 2.75) is 0 Å². The fraction of sp³-hybridized carbons (Fsp3) is 0. The van der Waals surface area contributed by atoms with E-state index in [1.165, 1.54) is 12.1 Å². The second kappa shape index (κ2) is 8.22. The van der Waals surface area contributed by atoms with Crippen molar-refractivity contribution in [3.8, 4) is 0 Å². The summed E-state index contributed by atoms with van der Waals surface area (Å²) in [6.07, 6.45) is 4.14. The van der Waals surface area contributed by atoms with E-state index in [9.17, 15) is 4.39 Å². The molecule has 0 aliphatic rings. The molecule has 25 heavy (non-hydrogen) atoms. The Morgan fingerprint density at radius 1 is 0.680 bits per heavy atom. The van der Waals surface area contributed by atoms with Crippen LogP contribution >= 0.6 is 12.2 Å². The number of nitrogens with one attached hydrogen (secondary N) is 2. The molecule has 0 atom stereocenters. The molecule has 2 nitrogen and oxygen atoms in total. The molecule has 0 unspecified atom stereocenters. The van der Waals surface area contributed by atoms with E-state index < -0.39 is 0 Å². The minimum atomic E-state index is -0.274. The second-order valence-corrected chi connectivity index (χ2v) is 5.86. The molecule has 3 rings (SSSR count). The molecule has 3 aromatic carbocycles. The van der Waals surface area contributed by atoms with Gasteiger partial charge in [0.1, 0.15) is 5.82 Å². The molecular formula is C21H17FN2S. The van der Waals surface area contributed by atoms with E-state index in [2.05, 4.69) is 34.9 Å². The van der Waals surface area contributed by atoms with Crippen molar-refractivity contribution in [1.29, 1.82) is 0 Å². The molecule has 0 saturated heterocycles. The summed E-state index contributed by atoms with van der Waals surface area (Å²) in [7, 11) is 0. The highest BCUT2D eigenvalue weighted by Crippen LogP contribution is 2.14. The first-order valence-corrected chi connectivity index (χ1v) is 8.27. The van der Waals surface area contributed by atoms with Gasteiger partial charge >= 0.3 is 0 Å². The number of anilines is 2. The molecule has 0 bridgehead atoms. The third-order valence-electron chi connectivity index (χ3n) is 3.54. The lowest BCUT2D eigenvalue weighted by Crippen LogP contribution is -2.18. The third-order valence-corrected chi connectivity index (χ3v) is 3.74.